The summed E-state index contributed by atoms with van der Waals surface area (Å²) in [5.41, 5.74) is 4.96. The van der Waals surface area contributed by atoms with Crippen LogP contribution in [0.1, 0.15) is 11.3 Å². The predicted molar refractivity (Wildman–Crippen MR) is 127 cm³/mol. The molecule has 7 heteroatoms. The van der Waals surface area contributed by atoms with Crippen molar-refractivity contribution in [3.63, 3.8) is 0 Å². The Morgan fingerprint density at radius 2 is 1.84 bits per heavy atom. The van der Waals surface area contributed by atoms with Gasteiger partial charge in [-0.3, -0.25) is 19.4 Å². The molecule has 0 aliphatic carbocycles. The Morgan fingerprint density at radius 1 is 1.03 bits per heavy atom. The molecule has 0 atom stereocenters. The van der Waals surface area contributed by atoms with E-state index in [9.17, 15) is 9.90 Å². The zero-order valence-corrected chi connectivity index (χ0v) is 18.2. The van der Waals surface area contributed by atoms with E-state index in [1.54, 1.807) is 0 Å². The number of aryl methyl sites for hydroxylation is 1. The van der Waals surface area contributed by atoms with E-state index in [0.29, 0.717) is 0 Å². The monoisotopic (exact) mass is 429 g/mol. The van der Waals surface area contributed by atoms with Crippen molar-refractivity contribution in [3.05, 3.63) is 82.5 Å². The topological polar surface area (TPSA) is 77.4 Å². The Bertz CT molecular complexity index is 1300. The summed E-state index contributed by atoms with van der Waals surface area (Å²) in [6.45, 7) is 7.01. The van der Waals surface area contributed by atoms with Crippen LogP contribution in [0.25, 0.3) is 16.6 Å². The molecule has 32 heavy (non-hydrogen) atoms. The summed E-state index contributed by atoms with van der Waals surface area (Å²) >= 11 is 0. The highest BCUT2D eigenvalue weighted by molar-refractivity contribution is 5.92. The van der Waals surface area contributed by atoms with Crippen molar-refractivity contribution in [1.29, 1.82) is 0 Å². The number of pyridine rings is 1. The molecule has 2 aromatic heterocycles. The molecule has 164 valence electrons. The van der Waals surface area contributed by atoms with Crippen molar-refractivity contribution in [3.8, 4) is 11.6 Å². The van der Waals surface area contributed by atoms with Crippen LogP contribution in [0, 0.1) is 6.92 Å². The van der Waals surface area contributed by atoms with Crippen LogP contribution in [-0.4, -0.2) is 57.3 Å². The molecule has 0 unspecified atom stereocenters. The van der Waals surface area contributed by atoms with Crippen LogP contribution in [0.2, 0.25) is 0 Å². The van der Waals surface area contributed by atoms with Gasteiger partial charge in [0.15, 0.2) is 0 Å². The Labute approximate surface area is 186 Å². The number of aromatic amines is 1. The van der Waals surface area contributed by atoms with Gasteiger partial charge in [0.1, 0.15) is 0 Å². The minimum atomic E-state index is -0.338. The highest BCUT2D eigenvalue weighted by Gasteiger charge is 2.19. The minimum absolute atomic E-state index is 0.129. The lowest BCUT2D eigenvalue weighted by Crippen LogP contribution is -2.47. The van der Waals surface area contributed by atoms with E-state index >= 15 is 0 Å². The standard InChI is InChI=1S/C25H27N5O2/c1-18-8-9-21-22(26-18)6-3-7-23(21)29-14-12-28(13-15-29)11-10-19-4-2-5-20(16-19)30-17-24(31)27-25(30)32/h2-9,16-17,31H,10-15H2,1H3,(H,27,32). The van der Waals surface area contributed by atoms with E-state index in [2.05, 4.69) is 56.2 Å². The number of nitrogens with one attached hydrogen (secondary N) is 1. The SMILES string of the molecule is Cc1ccc2c(N3CCN(CCc4cccc(-n5cc(O)[nH]c5=O)c4)CC3)cccc2n1. The van der Waals surface area contributed by atoms with Gasteiger partial charge in [0.25, 0.3) is 0 Å². The van der Waals surface area contributed by atoms with Crippen LogP contribution in [-0.2, 0) is 6.42 Å². The number of hydrogen-bond donors (Lipinski definition) is 2. The fraction of sp³-hybridized carbons (Fsp3) is 0.280. The number of benzene rings is 2. The van der Waals surface area contributed by atoms with Gasteiger partial charge < -0.3 is 10.0 Å². The number of imidazole rings is 1. The average Bonchev–Trinajstić information content (AvgIpc) is 3.15. The van der Waals surface area contributed by atoms with Gasteiger partial charge >= 0.3 is 5.69 Å². The molecule has 4 aromatic rings. The maximum absolute atomic E-state index is 11.9. The van der Waals surface area contributed by atoms with Gasteiger partial charge in [0, 0.05) is 49.5 Å². The third-order valence-corrected chi connectivity index (χ3v) is 6.17. The quantitative estimate of drug-likeness (QED) is 0.510. The molecule has 2 aromatic carbocycles. The molecular formula is C25H27N5O2. The van der Waals surface area contributed by atoms with Crippen LogP contribution in [0.15, 0.2) is 65.6 Å². The first-order valence-corrected chi connectivity index (χ1v) is 11.0. The molecular weight excluding hydrogens is 402 g/mol. The molecule has 0 bridgehead atoms. The molecule has 0 amide bonds. The lowest BCUT2D eigenvalue weighted by molar-refractivity contribution is 0.261. The number of hydrogen-bond acceptors (Lipinski definition) is 5. The Morgan fingerprint density at radius 3 is 2.62 bits per heavy atom. The first-order chi connectivity index (χ1) is 15.6. The number of aromatic hydroxyl groups is 1. The molecule has 1 fully saturated rings. The van der Waals surface area contributed by atoms with E-state index in [1.165, 1.54) is 27.4 Å². The lowest BCUT2D eigenvalue weighted by atomic mass is 10.1. The van der Waals surface area contributed by atoms with Crippen molar-refractivity contribution >= 4 is 16.6 Å². The minimum Gasteiger partial charge on any atom is -0.493 e. The number of aromatic nitrogens is 3. The molecule has 1 aliphatic rings. The molecule has 7 nitrogen and oxygen atoms in total. The second-order valence-corrected chi connectivity index (χ2v) is 8.36. The first kappa shape index (κ1) is 20.3. The fourth-order valence-electron chi connectivity index (χ4n) is 4.45. The molecule has 3 heterocycles. The van der Waals surface area contributed by atoms with E-state index in [4.69, 9.17) is 0 Å². The van der Waals surface area contributed by atoms with E-state index in [-0.39, 0.29) is 11.6 Å². The summed E-state index contributed by atoms with van der Waals surface area (Å²) in [4.78, 5) is 23.9. The van der Waals surface area contributed by atoms with Crippen molar-refractivity contribution < 1.29 is 5.11 Å². The zero-order chi connectivity index (χ0) is 22.1. The number of anilines is 1. The van der Waals surface area contributed by atoms with Gasteiger partial charge in [0.2, 0.25) is 5.88 Å². The summed E-state index contributed by atoms with van der Waals surface area (Å²) in [6.07, 6.45) is 2.32. The van der Waals surface area contributed by atoms with Crippen LogP contribution in [0.5, 0.6) is 5.88 Å². The van der Waals surface area contributed by atoms with Crippen molar-refractivity contribution in [1.82, 2.24) is 19.4 Å². The van der Waals surface area contributed by atoms with Crippen molar-refractivity contribution in [2.75, 3.05) is 37.6 Å². The molecule has 5 rings (SSSR count). The van der Waals surface area contributed by atoms with Gasteiger partial charge in [-0.2, -0.15) is 0 Å². The summed E-state index contributed by atoms with van der Waals surface area (Å²) in [6, 6.07) is 18.6. The Balaban J connectivity index is 1.22. The van der Waals surface area contributed by atoms with E-state index in [0.717, 1.165) is 56.0 Å². The number of fused-ring (bicyclic) bond motifs is 1. The zero-order valence-electron chi connectivity index (χ0n) is 18.2. The van der Waals surface area contributed by atoms with Gasteiger partial charge in [-0.05, 0) is 55.3 Å². The Hall–Kier alpha value is -3.58. The fourth-order valence-corrected chi connectivity index (χ4v) is 4.45. The third-order valence-electron chi connectivity index (χ3n) is 6.17. The molecule has 0 radical (unpaired) electrons. The lowest BCUT2D eigenvalue weighted by Gasteiger charge is -2.36. The smallest absolute Gasteiger partial charge is 0.332 e. The van der Waals surface area contributed by atoms with Gasteiger partial charge in [-0.1, -0.05) is 18.2 Å². The summed E-state index contributed by atoms with van der Waals surface area (Å²) in [7, 11) is 0. The maximum Gasteiger partial charge on any atom is 0.332 e. The van der Waals surface area contributed by atoms with Gasteiger partial charge in [0.05, 0.1) is 17.4 Å². The normalized spacial score (nSPS) is 14.8. The molecule has 1 saturated heterocycles. The molecule has 0 spiro atoms. The highest BCUT2D eigenvalue weighted by atomic mass is 16.3. The molecule has 1 aliphatic heterocycles. The number of nitrogens with zero attached hydrogens (tertiary/aromatic N) is 4. The van der Waals surface area contributed by atoms with Crippen LogP contribution in [0.3, 0.4) is 0 Å². The second kappa shape index (κ2) is 8.51. The van der Waals surface area contributed by atoms with Crippen molar-refractivity contribution in [2.45, 2.75) is 13.3 Å². The Kier molecular flexibility index (Phi) is 5.41. The number of H-pyrrole nitrogens is 1. The predicted octanol–water partition coefficient (Wildman–Crippen LogP) is 3.09. The maximum atomic E-state index is 11.9. The number of piperazine rings is 1. The largest absolute Gasteiger partial charge is 0.493 e. The average molecular weight is 430 g/mol. The van der Waals surface area contributed by atoms with Crippen LogP contribution >= 0.6 is 0 Å². The summed E-state index contributed by atoms with van der Waals surface area (Å²) in [5, 5.41) is 10.7. The van der Waals surface area contributed by atoms with Crippen LogP contribution < -0.4 is 10.6 Å². The van der Waals surface area contributed by atoms with Gasteiger partial charge in [-0.15, -0.1) is 0 Å². The first-order valence-electron chi connectivity index (χ1n) is 11.0. The van der Waals surface area contributed by atoms with E-state index < -0.39 is 0 Å². The van der Waals surface area contributed by atoms with Crippen LogP contribution in [0.4, 0.5) is 5.69 Å². The molecule has 2 N–H and O–H groups in total. The molecule has 0 saturated carbocycles. The summed E-state index contributed by atoms with van der Waals surface area (Å²) in [5.74, 6) is -0.129. The highest BCUT2D eigenvalue weighted by Crippen LogP contribution is 2.27. The third kappa shape index (κ3) is 4.11. The van der Waals surface area contributed by atoms with Crippen molar-refractivity contribution in [2.24, 2.45) is 0 Å². The second-order valence-electron chi connectivity index (χ2n) is 8.36. The summed E-state index contributed by atoms with van der Waals surface area (Å²) < 4.78 is 1.43. The van der Waals surface area contributed by atoms with E-state index in [1.807, 2.05) is 25.1 Å². The van der Waals surface area contributed by atoms with Gasteiger partial charge in [-0.25, -0.2) is 4.79 Å². The number of rotatable bonds is 5.